The van der Waals surface area contributed by atoms with E-state index < -0.39 is 0 Å². The summed E-state index contributed by atoms with van der Waals surface area (Å²) in [7, 11) is 0. The second-order valence-corrected chi connectivity index (χ2v) is 5.51. The van der Waals surface area contributed by atoms with Gasteiger partial charge in [-0.2, -0.15) is 0 Å². The quantitative estimate of drug-likeness (QED) is 0.791. The standard InChI is InChI=1S/C14H14N4S/c1-10(17-14-15-7-4-8-16-14)9-13-18-11-5-2-3-6-12(11)19-13/h2-8,10H,9H2,1H3,(H,15,16,17)/t10-/m1/s1. The second-order valence-electron chi connectivity index (χ2n) is 4.40. The Morgan fingerprint density at radius 2 is 1.95 bits per heavy atom. The molecule has 0 amide bonds. The molecule has 0 saturated heterocycles. The Hall–Kier alpha value is -2.01. The van der Waals surface area contributed by atoms with E-state index in [2.05, 4.69) is 33.3 Å². The van der Waals surface area contributed by atoms with Gasteiger partial charge >= 0.3 is 0 Å². The number of hydrogen-bond acceptors (Lipinski definition) is 5. The molecule has 1 N–H and O–H groups in total. The van der Waals surface area contributed by atoms with Crippen LogP contribution in [0.25, 0.3) is 10.2 Å². The number of para-hydroxylation sites is 1. The van der Waals surface area contributed by atoms with Crippen molar-refractivity contribution in [3.63, 3.8) is 0 Å². The minimum absolute atomic E-state index is 0.253. The van der Waals surface area contributed by atoms with Gasteiger partial charge < -0.3 is 5.32 Å². The van der Waals surface area contributed by atoms with Crippen LogP contribution in [0.2, 0.25) is 0 Å². The number of anilines is 1. The summed E-state index contributed by atoms with van der Waals surface area (Å²) in [6.45, 7) is 2.11. The van der Waals surface area contributed by atoms with Crippen LogP contribution in [0.15, 0.2) is 42.7 Å². The van der Waals surface area contributed by atoms with Crippen LogP contribution in [-0.4, -0.2) is 21.0 Å². The predicted molar refractivity (Wildman–Crippen MR) is 78.4 cm³/mol. The molecule has 96 valence electrons. The van der Waals surface area contributed by atoms with Gasteiger partial charge in [0.25, 0.3) is 0 Å². The second kappa shape index (κ2) is 5.32. The lowest BCUT2D eigenvalue weighted by atomic mass is 10.2. The van der Waals surface area contributed by atoms with Crippen LogP contribution < -0.4 is 5.32 Å². The van der Waals surface area contributed by atoms with Gasteiger partial charge in [-0.3, -0.25) is 0 Å². The van der Waals surface area contributed by atoms with Gasteiger partial charge in [0.2, 0.25) is 5.95 Å². The maximum absolute atomic E-state index is 4.63. The highest BCUT2D eigenvalue weighted by Gasteiger charge is 2.09. The molecule has 0 radical (unpaired) electrons. The van der Waals surface area contributed by atoms with E-state index in [0.717, 1.165) is 16.9 Å². The maximum atomic E-state index is 4.63. The number of thiazole rings is 1. The van der Waals surface area contributed by atoms with Crippen LogP contribution in [-0.2, 0) is 6.42 Å². The minimum atomic E-state index is 0.253. The lowest BCUT2D eigenvalue weighted by Gasteiger charge is -2.11. The van der Waals surface area contributed by atoms with E-state index in [9.17, 15) is 0 Å². The van der Waals surface area contributed by atoms with Crippen molar-refractivity contribution < 1.29 is 0 Å². The molecule has 0 aliphatic rings. The first kappa shape index (κ1) is 12.0. The molecule has 0 spiro atoms. The molecule has 0 aliphatic heterocycles. The summed E-state index contributed by atoms with van der Waals surface area (Å²) in [5.74, 6) is 0.663. The van der Waals surface area contributed by atoms with Gasteiger partial charge in [-0.15, -0.1) is 11.3 Å². The van der Waals surface area contributed by atoms with E-state index >= 15 is 0 Å². The Morgan fingerprint density at radius 1 is 1.16 bits per heavy atom. The Balaban J connectivity index is 1.70. The lowest BCUT2D eigenvalue weighted by Crippen LogP contribution is -2.19. The molecular formula is C14H14N4S. The maximum Gasteiger partial charge on any atom is 0.222 e. The number of fused-ring (bicyclic) bond motifs is 1. The summed E-state index contributed by atoms with van der Waals surface area (Å²) < 4.78 is 1.24. The molecule has 0 fully saturated rings. The first-order valence-corrected chi connectivity index (χ1v) is 7.01. The lowest BCUT2D eigenvalue weighted by molar-refractivity contribution is 0.773. The average molecular weight is 270 g/mol. The van der Waals surface area contributed by atoms with Crippen LogP contribution in [0.5, 0.6) is 0 Å². The van der Waals surface area contributed by atoms with E-state index in [1.807, 2.05) is 24.3 Å². The molecule has 4 nitrogen and oxygen atoms in total. The number of aromatic nitrogens is 3. The monoisotopic (exact) mass is 270 g/mol. The van der Waals surface area contributed by atoms with Crippen LogP contribution in [0.1, 0.15) is 11.9 Å². The van der Waals surface area contributed by atoms with E-state index in [1.165, 1.54) is 4.70 Å². The molecule has 0 bridgehead atoms. The summed E-state index contributed by atoms with van der Waals surface area (Å²) in [6, 6.07) is 10.3. The number of benzene rings is 1. The highest BCUT2D eigenvalue weighted by atomic mass is 32.1. The molecule has 5 heteroatoms. The van der Waals surface area contributed by atoms with Gasteiger partial charge in [0.15, 0.2) is 0 Å². The Bertz CT molecular complexity index is 632. The topological polar surface area (TPSA) is 50.7 Å². The van der Waals surface area contributed by atoms with Crippen molar-refractivity contribution >= 4 is 27.5 Å². The molecule has 1 atom stereocenters. The fourth-order valence-corrected chi connectivity index (χ4v) is 3.01. The number of rotatable bonds is 4. The fraction of sp³-hybridized carbons (Fsp3) is 0.214. The molecule has 2 heterocycles. The third kappa shape index (κ3) is 2.88. The zero-order chi connectivity index (χ0) is 13.1. The largest absolute Gasteiger partial charge is 0.351 e. The summed E-state index contributed by atoms with van der Waals surface area (Å²) in [4.78, 5) is 13.0. The van der Waals surface area contributed by atoms with Gasteiger partial charge in [-0.1, -0.05) is 12.1 Å². The molecule has 2 aromatic heterocycles. The highest BCUT2D eigenvalue weighted by Crippen LogP contribution is 2.22. The Kier molecular flexibility index (Phi) is 3.37. The van der Waals surface area contributed by atoms with Crippen LogP contribution >= 0.6 is 11.3 Å². The van der Waals surface area contributed by atoms with Crippen LogP contribution in [0.3, 0.4) is 0 Å². The summed E-state index contributed by atoms with van der Waals surface area (Å²) in [5.41, 5.74) is 1.07. The van der Waals surface area contributed by atoms with Gasteiger partial charge in [0.05, 0.1) is 15.2 Å². The molecule has 1 aromatic carbocycles. The normalized spacial score (nSPS) is 12.5. The minimum Gasteiger partial charge on any atom is -0.351 e. The zero-order valence-electron chi connectivity index (χ0n) is 10.6. The van der Waals surface area contributed by atoms with Gasteiger partial charge in [0, 0.05) is 24.9 Å². The van der Waals surface area contributed by atoms with Crippen LogP contribution in [0, 0.1) is 0 Å². The van der Waals surface area contributed by atoms with Crippen molar-refractivity contribution in [3.05, 3.63) is 47.7 Å². The number of nitrogens with one attached hydrogen (secondary N) is 1. The van der Waals surface area contributed by atoms with Crippen molar-refractivity contribution in [3.8, 4) is 0 Å². The third-order valence-corrected chi connectivity index (χ3v) is 3.82. The molecule has 0 unspecified atom stereocenters. The molecule has 0 saturated carbocycles. The van der Waals surface area contributed by atoms with Crippen molar-refractivity contribution in [1.82, 2.24) is 15.0 Å². The summed E-state index contributed by atoms with van der Waals surface area (Å²) in [5, 5.41) is 4.42. The van der Waals surface area contributed by atoms with E-state index in [-0.39, 0.29) is 6.04 Å². The van der Waals surface area contributed by atoms with Gasteiger partial charge in [0.1, 0.15) is 0 Å². The number of nitrogens with zero attached hydrogens (tertiary/aromatic N) is 3. The number of hydrogen-bond donors (Lipinski definition) is 1. The summed E-state index contributed by atoms with van der Waals surface area (Å²) in [6.07, 6.45) is 4.34. The van der Waals surface area contributed by atoms with E-state index in [1.54, 1.807) is 23.7 Å². The zero-order valence-corrected chi connectivity index (χ0v) is 11.4. The van der Waals surface area contributed by atoms with E-state index in [4.69, 9.17) is 0 Å². The fourth-order valence-electron chi connectivity index (χ4n) is 1.91. The van der Waals surface area contributed by atoms with Gasteiger partial charge in [-0.25, -0.2) is 15.0 Å². The van der Waals surface area contributed by atoms with Crippen molar-refractivity contribution in [2.45, 2.75) is 19.4 Å². The first-order valence-electron chi connectivity index (χ1n) is 6.19. The molecule has 3 aromatic rings. The van der Waals surface area contributed by atoms with Crippen LogP contribution in [0.4, 0.5) is 5.95 Å². The molecular weight excluding hydrogens is 256 g/mol. The highest BCUT2D eigenvalue weighted by molar-refractivity contribution is 7.18. The first-order chi connectivity index (χ1) is 9.31. The third-order valence-electron chi connectivity index (χ3n) is 2.76. The van der Waals surface area contributed by atoms with Crippen molar-refractivity contribution in [2.24, 2.45) is 0 Å². The average Bonchev–Trinajstić information content (AvgIpc) is 2.81. The van der Waals surface area contributed by atoms with Crippen molar-refractivity contribution in [1.29, 1.82) is 0 Å². The molecule has 3 rings (SSSR count). The van der Waals surface area contributed by atoms with E-state index in [0.29, 0.717) is 5.95 Å². The van der Waals surface area contributed by atoms with Gasteiger partial charge in [-0.05, 0) is 25.1 Å². The Labute approximate surface area is 115 Å². The Morgan fingerprint density at radius 3 is 2.74 bits per heavy atom. The molecule has 19 heavy (non-hydrogen) atoms. The van der Waals surface area contributed by atoms with Crippen molar-refractivity contribution in [2.75, 3.05) is 5.32 Å². The smallest absolute Gasteiger partial charge is 0.222 e. The predicted octanol–water partition coefficient (Wildman–Crippen LogP) is 3.13. The molecule has 0 aliphatic carbocycles. The summed E-state index contributed by atoms with van der Waals surface area (Å²) >= 11 is 1.74. The SMILES string of the molecule is C[C@H](Cc1nc2ccccc2s1)Nc1ncccn1.